The summed E-state index contributed by atoms with van der Waals surface area (Å²) in [6.45, 7) is 9.40. The van der Waals surface area contributed by atoms with Gasteiger partial charge >= 0.3 is 0 Å². The van der Waals surface area contributed by atoms with Crippen LogP contribution in [0, 0.1) is 29.1 Å². The second-order valence-electron chi connectivity index (χ2n) is 8.44. The van der Waals surface area contributed by atoms with Gasteiger partial charge < -0.3 is 0 Å². The number of hydrogen-bond acceptors (Lipinski definition) is 1. The van der Waals surface area contributed by atoms with Crippen molar-refractivity contribution in [1.29, 1.82) is 0 Å². The molecule has 0 aliphatic heterocycles. The normalized spacial score (nSPS) is 39.0. The Morgan fingerprint density at radius 1 is 1.32 bits per heavy atom. The van der Waals surface area contributed by atoms with Gasteiger partial charge in [-0.1, -0.05) is 52.3 Å². The highest BCUT2D eigenvalue weighted by atomic mass is 16.1. The molecule has 2 aliphatic rings. The molecule has 0 spiro atoms. The number of carbonyl (C=O) groups excluding carboxylic acids is 1. The van der Waals surface area contributed by atoms with Crippen LogP contribution in [0.5, 0.6) is 0 Å². The molecule has 2 aliphatic carbocycles. The Morgan fingerprint density at radius 3 is 2.82 bits per heavy atom. The SMILES string of the molecule is CC(C)[C@@H]1CC[C@@H](C)C[C@H]1/C=C/[C@@]1(C)CCC/C=C\C(=O)C1. The molecule has 0 aromatic heterocycles. The van der Waals surface area contributed by atoms with Crippen LogP contribution < -0.4 is 0 Å². The number of allylic oxidation sites excluding steroid dienone is 4. The lowest BCUT2D eigenvalue weighted by molar-refractivity contribution is -0.116. The molecule has 1 heteroatoms. The lowest BCUT2D eigenvalue weighted by Gasteiger charge is -2.36. The second-order valence-corrected chi connectivity index (χ2v) is 8.44. The van der Waals surface area contributed by atoms with E-state index in [1.54, 1.807) is 6.08 Å². The van der Waals surface area contributed by atoms with Gasteiger partial charge in [-0.25, -0.2) is 0 Å². The van der Waals surface area contributed by atoms with E-state index in [0.29, 0.717) is 18.1 Å². The monoisotopic (exact) mass is 302 g/mol. The van der Waals surface area contributed by atoms with Crippen LogP contribution in [0.4, 0.5) is 0 Å². The summed E-state index contributed by atoms with van der Waals surface area (Å²) in [5, 5.41) is 0. The van der Waals surface area contributed by atoms with E-state index >= 15 is 0 Å². The van der Waals surface area contributed by atoms with Crippen molar-refractivity contribution in [3.8, 4) is 0 Å². The van der Waals surface area contributed by atoms with Crippen LogP contribution in [0.3, 0.4) is 0 Å². The molecule has 22 heavy (non-hydrogen) atoms. The maximum Gasteiger partial charge on any atom is 0.156 e. The molecule has 124 valence electrons. The van der Waals surface area contributed by atoms with E-state index in [1.807, 2.05) is 6.08 Å². The van der Waals surface area contributed by atoms with Crippen LogP contribution in [-0.2, 0) is 4.79 Å². The highest BCUT2D eigenvalue weighted by Gasteiger charge is 2.30. The van der Waals surface area contributed by atoms with Crippen molar-refractivity contribution in [3.05, 3.63) is 24.3 Å². The molecular weight excluding hydrogens is 268 g/mol. The maximum atomic E-state index is 12.0. The minimum atomic E-state index is 0.0596. The smallest absolute Gasteiger partial charge is 0.156 e. The molecule has 0 unspecified atom stereocenters. The van der Waals surface area contributed by atoms with E-state index in [-0.39, 0.29) is 5.41 Å². The number of carbonyl (C=O) groups is 1. The van der Waals surface area contributed by atoms with Crippen molar-refractivity contribution in [1.82, 2.24) is 0 Å². The Morgan fingerprint density at radius 2 is 2.09 bits per heavy atom. The third kappa shape index (κ3) is 4.83. The van der Waals surface area contributed by atoms with Gasteiger partial charge in [-0.05, 0) is 67.3 Å². The highest BCUT2D eigenvalue weighted by Crippen LogP contribution is 2.40. The Hall–Kier alpha value is -0.850. The minimum Gasteiger partial charge on any atom is -0.295 e. The Kier molecular flexibility index (Phi) is 6.06. The van der Waals surface area contributed by atoms with Gasteiger partial charge in [0, 0.05) is 6.42 Å². The van der Waals surface area contributed by atoms with Crippen LogP contribution in [0.2, 0.25) is 0 Å². The summed E-state index contributed by atoms with van der Waals surface area (Å²) in [6, 6.07) is 0. The molecule has 0 saturated heterocycles. The van der Waals surface area contributed by atoms with Gasteiger partial charge in [0.25, 0.3) is 0 Å². The number of hydrogen-bond donors (Lipinski definition) is 0. The van der Waals surface area contributed by atoms with Crippen LogP contribution >= 0.6 is 0 Å². The van der Waals surface area contributed by atoms with Crippen molar-refractivity contribution < 1.29 is 4.79 Å². The van der Waals surface area contributed by atoms with Crippen molar-refractivity contribution in [2.45, 2.75) is 72.6 Å². The molecule has 1 saturated carbocycles. The third-order valence-corrected chi connectivity index (χ3v) is 5.82. The average Bonchev–Trinajstić information content (AvgIpc) is 2.42. The van der Waals surface area contributed by atoms with Gasteiger partial charge in [0.2, 0.25) is 0 Å². The van der Waals surface area contributed by atoms with Gasteiger partial charge in [0.1, 0.15) is 0 Å². The zero-order valence-electron chi connectivity index (χ0n) is 15.0. The van der Waals surface area contributed by atoms with Crippen molar-refractivity contribution in [3.63, 3.8) is 0 Å². The first-order chi connectivity index (χ1) is 10.4. The first-order valence-electron chi connectivity index (χ1n) is 9.28. The molecule has 0 aromatic carbocycles. The molecule has 0 bridgehead atoms. The molecule has 1 nitrogen and oxygen atoms in total. The molecule has 2 rings (SSSR count). The molecule has 4 atom stereocenters. The second kappa shape index (κ2) is 7.62. The summed E-state index contributed by atoms with van der Waals surface area (Å²) in [7, 11) is 0. The average molecular weight is 303 g/mol. The van der Waals surface area contributed by atoms with Gasteiger partial charge in [-0.15, -0.1) is 0 Å². The quantitative estimate of drug-likeness (QED) is 0.588. The molecule has 0 radical (unpaired) electrons. The zero-order chi connectivity index (χ0) is 16.2. The molecule has 0 N–H and O–H groups in total. The third-order valence-electron chi connectivity index (χ3n) is 5.82. The van der Waals surface area contributed by atoms with Gasteiger partial charge in [0.15, 0.2) is 5.78 Å². The Bertz CT molecular complexity index is 431. The highest BCUT2D eigenvalue weighted by molar-refractivity contribution is 5.90. The van der Waals surface area contributed by atoms with E-state index in [4.69, 9.17) is 0 Å². The fraction of sp³-hybridized carbons (Fsp3) is 0.762. The van der Waals surface area contributed by atoms with E-state index in [0.717, 1.165) is 30.6 Å². The van der Waals surface area contributed by atoms with E-state index in [2.05, 4.69) is 39.8 Å². The van der Waals surface area contributed by atoms with E-state index in [9.17, 15) is 4.79 Å². The number of ketones is 1. The number of rotatable bonds is 3. The summed E-state index contributed by atoms with van der Waals surface area (Å²) in [4.78, 5) is 12.0. The topological polar surface area (TPSA) is 17.1 Å². The predicted molar refractivity (Wildman–Crippen MR) is 94.7 cm³/mol. The summed E-state index contributed by atoms with van der Waals surface area (Å²) in [5.74, 6) is 3.43. The zero-order valence-corrected chi connectivity index (χ0v) is 15.0. The summed E-state index contributed by atoms with van der Waals surface area (Å²) < 4.78 is 0. The predicted octanol–water partition coefficient (Wildman–Crippen LogP) is 5.96. The van der Waals surface area contributed by atoms with Gasteiger partial charge in [0.05, 0.1) is 0 Å². The fourth-order valence-electron chi connectivity index (χ4n) is 4.38. The van der Waals surface area contributed by atoms with E-state index in [1.165, 1.54) is 25.7 Å². The van der Waals surface area contributed by atoms with Crippen LogP contribution in [0.1, 0.15) is 72.6 Å². The standard InChI is InChI=1S/C21H34O/c1-16(2)20-10-9-17(3)14-18(20)11-13-21(4)12-7-5-6-8-19(22)15-21/h6,8,11,13,16-18,20H,5,7,9-10,12,14-15H2,1-4H3/b8-6-,13-11+/t17-,18-,20+,21-/m1/s1. The first kappa shape index (κ1) is 17.5. The van der Waals surface area contributed by atoms with Crippen molar-refractivity contribution >= 4 is 5.78 Å². The summed E-state index contributed by atoms with van der Waals surface area (Å²) in [5.41, 5.74) is 0.0596. The summed E-state index contributed by atoms with van der Waals surface area (Å²) in [6.07, 6.45) is 16.9. The van der Waals surface area contributed by atoms with Crippen molar-refractivity contribution in [2.24, 2.45) is 29.1 Å². The molecular formula is C21H34O. The van der Waals surface area contributed by atoms with Gasteiger partial charge in [-0.2, -0.15) is 0 Å². The minimum absolute atomic E-state index is 0.0596. The lowest BCUT2D eigenvalue weighted by atomic mass is 9.69. The molecule has 0 aromatic rings. The lowest BCUT2D eigenvalue weighted by Crippen LogP contribution is -2.27. The maximum absolute atomic E-state index is 12.0. The Labute approximate surface area is 137 Å². The first-order valence-corrected chi connectivity index (χ1v) is 9.28. The molecule has 0 heterocycles. The molecule has 0 amide bonds. The molecule has 1 fully saturated rings. The van der Waals surface area contributed by atoms with Crippen LogP contribution in [0.25, 0.3) is 0 Å². The summed E-state index contributed by atoms with van der Waals surface area (Å²) >= 11 is 0. The van der Waals surface area contributed by atoms with Crippen molar-refractivity contribution in [2.75, 3.05) is 0 Å². The van der Waals surface area contributed by atoms with Gasteiger partial charge in [-0.3, -0.25) is 4.79 Å². The van der Waals surface area contributed by atoms with Crippen LogP contribution in [0.15, 0.2) is 24.3 Å². The van der Waals surface area contributed by atoms with E-state index < -0.39 is 0 Å². The Balaban J connectivity index is 2.09. The van der Waals surface area contributed by atoms with Crippen LogP contribution in [-0.4, -0.2) is 5.78 Å². The largest absolute Gasteiger partial charge is 0.295 e. The fourth-order valence-corrected chi connectivity index (χ4v) is 4.38.